The van der Waals surface area contributed by atoms with E-state index in [9.17, 15) is 9.59 Å². The zero-order chi connectivity index (χ0) is 26.2. The van der Waals surface area contributed by atoms with Crippen LogP contribution in [0.5, 0.6) is 11.5 Å². The molecule has 1 aromatic heterocycles. The molecule has 2 atom stereocenters. The van der Waals surface area contributed by atoms with Gasteiger partial charge in [0.25, 0.3) is 5.91 Å². The molecule has 36 heavy (non-hydrogen) atoms. The van der Waals surface area contributed by atoms with Crippen LogP contribution in [0.15, 0.2) is 52.1 Å². The van der Waals surface area contributed by atoms with Crippen LogP contribution in [0.25, 0.3) is 10.1 Å². The molecule has 1 saturated carbocycles. The molecule has 0 radical (unpaired) electrons. The van der Waals surface area contributed by atoms with Crippen LogP contribution in [0, 0.1) is 24.2 Å². The van der Waals surface area contributed by atoms with E-state index in [0.29, 0.717) is 21.2 Å². The second-order valence-electron chi connectivity index (χ2n) is 9.06. The highest BCUT2D eigenvalue weighted by atomic mass is 35.5. The smallest absolute Gasteiger partial charge is 0.315 e. The zero-order valence-electron chi connectivity index (χ0n) is 19.9. The van der Waals surface area contributed by atoms with Crippen molar-refractivity contribution < 1.29 is 19.1 Å². The Morgan fingerprint density at radius 2 is 1.89 bits per heavy atom. The van der Waals surface area contributed by atoms with Crippen LogP contribution in [0.3, 0.4) is 0 Å². The minimum absolute atomic E-state index is 0.102. The summed E-state index contributed by atoms with van der Waals surface area (Å²) in [6.45, 7) is 5.89. The maximum absolute atomic E-state index is 12.8. The van der Waals surface area contributed by atoms with Gasteiger partial charge in [-0.2, -0.15) is 5.10 Å². The van der Waals surface area contributed by atoms with E-state index in [1.807, 2.05) is 39.0 Å². The van der Waals surface area contributed by atoms with Gasteiger partial charge < -0.3 is 9.47 Å². The van der Waals surface area contributed by atoms with Gasteiger partial charge in [-0.25, -0.2) is 5.43 Å². The highest BCUT2D eigenvalue weighted by Crippen LogP contribution is 2.60. The number of aryl methyl sites for hydroxylation is 1. The van der Waals surface area contributed by atoms with E-state index in [-0.39, 0.29) is 27.5 Å². The van der Waals surface area contributed by atoms with Gasteiger partial charge in [0.2, 0.25) is 0 Å². The fourth-order valence-corrected chi connectivity index (χ4v) is 5.91. The van der Waals surface area contributed by atoms with E-state index < -0.39 is 11.9 Å². The molecular formula is C26H23Cl3N2O4S. The van der Waals surface area contributed by atoms with Crippen LogP contribution in [0.4, 0.5) is 0 Å². The number of hydrazone groups is 1. The molecule has 6 nitrogen and oxygen atoms in total. The van der Waals surface area contributed by atoms with E-state index in [0.717, 1.165) is 15.6 Å². The van der Waals surface area contributed by atoms with Crippen molar-refractivity contribution in [2.24, 2.45) is 22.4 Å². The van der Waals surface area contributed by atoms with Gasteiger partial charge in [-0.1, -0.05) is 60.8 Å². The van der Waals surface area contributed by atoms with E-state index in [1.54, 1.807) is 24.3 Å². The Kier molecular flexibility index (Phi) is 7.67. The number of rotatable bonds is 7. The number of hydrogen-bond acceptors (Lipinski definition) is 6. The number of hydrogen-bond donors (Lipinski definition) is 1. The van der Waals surface area contributed by atoms with Crippen LogP contribution in [0.2, 0.25) is 5.02 Å². The maximum Gasteiger partial charge on any atom is 0.315 e. The first kappa shape index (κ1) is 26.5. The molecular weight excluding hydrogens is 543 g/mol. The largest absolute Gasteiger partial charge is 0.493 e. The first-order chi connectivity index (χ1) is 17.0. The summed E-state index contributed by atoms with van der Waals surface area (Å²) in [5.41, 5.74) is 3.92. The van der Waals surface area contributed by atoms with Crippen molar-refractivity contribution in [2.45, 2.75) is 20.8 Å². The highest BCUT2D eigenvalue weighted by molar-refractivity contribution is 7.21. The van der Waals surface area contributed by atoms with Crippen LogP contribution in [-0.4, -0.2) is 25.2 Å². The van der Waals surface area contributed by atoms with E-state index in [4.69, 9.17) is 44.3 Å². The lowest BCUT2D eigenvalue weighted by atomic mass is 10.1. The number of allylic oxidation sites excluding steroid dienone is 1. The number of esters is 1. The van der Waals surface area contributed by atoms with E-state index in [2.05, 4.69) is 10.5 Å². The van der Waals surface area contributed by atoms with E-state index in [1.165, 1.54) is 24.7 Å². The van der Waals surface area contributed by atoms with Crippen molar-refractivity contribution in [3.63, 3.8) is 0 Å². The summed E-state index contributed by atoms with van der Waals surface area (Å²) in [4.78, 5) is 25.8. The fraction of sp³-hybridized carbons (Fsp3) is 0.269. The van der Waals surface area contributed by atoms with Crippen LogP contribution < -0.4 is 14.9 Å². The van der Waals surface area contributed by atoms with Crippen molar-refractivity contribution in [1.29, 1.82) is 0 Å². The Labute approximate surface area is 227 Å². The number of thiophene rings is 1. The number of benzene rings is 2. The molecule has 0 saturated heterocycles. The van der Waals surface area contributed by atoms with Crippen molar-refractivity contribution in [3.05, 3.63) is 68.0 Å². The lowest BCUT2D eigenvalue weighted by Gasteiger charge is -2.10. The molecule has 1 fully saturated rings. The fourth-order valence-electron chi connectivity index (χ4n) is 4.13. The third-order valence-corrected chi connectivity index (χ3v) is 8.15. The third kappa shape index (κ3) is 5.39. The van der Waals surface area contributed by atoms with E-state index >= 15 is 0 Å². The van der Waals surface area contributed by atoms with Crippen LogP contribution in [-0.2, 0) is 4.79 Å². The monoisotopic (exact) mass is 564 g/mol. The average Bonchev–Trinajstić information content (AvgIpc) is 3.18. The van der Waals surface area contributed by atoms with Gasteiger partial charge in [0.05, 0.1) is 24.3 Å². The molecule has 1 aliphatic carbocycles. The molecule has 1 heterocycles. The summed E-state index contributed by atoms with van der Waals surface area (Å²) in [6, 6.07) is 10.8. The van der Waals surface area contributed by atoms with Gasteiger partial charge in [-0.05, 0) is 59.7 Å². The van der Waals surface area contributed by atoms with Crippen molar-refractivity contribution in [3.8, 4) is 11.5 Å². The average molecular weight is 566 g/mol. The van der Waals surface area contributed by atoms with Crippen molar-refractivity contribution >= 4 is 74.3 Å². The lowest BCUT2D eigenvalue weighted by Crippen LogP contribution is -2.16. The summed E-state index contributed by atoms with van der Waals surface area (Å²) < 4.78 is 12.1. The molecule has 1 amide bonds. The molecule has 2 aromatic carbocycles. The molecule has 1 aliphatic rings. The van der Waals surface area contributed by atoms with Gasteiger partial charge in [-0.15, -0.1) is 11.3 Å². The Hall–Kier alpha value is -2.58. The lowest BCUT2D eigenvalue weighted by molar-refractivity contribution is -0.136. The normalized spacial score (nSPS) is 18.2. The summed E-state index contributed by atoms with van der Waals surface area (Å²) in [5, 5.41) is 5.27. The predicted octanol–water partition coefficient (Wildman–Crippen LogP) is 7.13. The number of fused-ring (bicyclic) bond motifs is 1. The second-order valence-corrected chi connectivity index (χ2v) is 11.5. The molecule has 0 bridgehead atoms. The Balaban J connectivity index is 1.43. The van der Waals surface area contributed by atoms with Crippen LogP contribution in [0.1, 0.15) is 34.6 Å². The molecule has 0 aliphatic heterocycles. The quantitative estimate of drug-likeness (QED) is 0.143. The maximum atomic E-state index is 12.8. The van der Waals surface area contributed by atoms with Crippen LogP contribution >= 0.6 is 46.1 Å². The molecule has 10 heteroatoms. The molecule has 3 aromatic rings. The molecule has 4 rings (SSSR count). The summed E-state index contributed by atoms with van der Waals surface area (Å²) in [5.74, 6) is -0.635. The topological polar surface area (TPSA) is 77.0 Å². The molecule has 0 spiro atoms. The number of nitrogens with one attached hydrogen (secondary N) is 1. The summed E-state index contributed by atoms with van der Waals surface area (Å²) >= 11 is 19.3. The van der Waals surface area contributed by atoms with Gasteiger partial charge in [0.1, 0.15) is 9.37 Å². The zero-order valence-corrected chi connectivity index (χ0v) is 23.0. The number of amides is 1. The van der Waals surface area contributed by atoms with Gasteiger partial charge in [0.15, 0.2) is 11.5 Å². The molecule has 1 N–H and O–H groups in total. The number of carbonyl (C=O) groups is 2. The number of methoxy groups -OCH3 is 1. The molecule has 0 unspecified atom stereocenters. The Bertz CT molecular complexity index is 1410. The second kappa shape index (κ2) is 10.4. The number of nitrogens with zero attached hydrogens (tertiary/aromatic N) is 1. The number of halogens is 3. The number of carbonyl (C=O) groups excluding carboxylic acids is 2. The predicted molar refractivity (Wildman–Crippen MR) is 146 cm³/mol. The molecule has 188 valence electrons. The third-order valence-electron chi connectivity index (χ3n) is 6.24. The SMILES string of the molecule is COc1cc(/C=N\NC(=O)c2sc3cc(C)ccc3c2Cl)ccc1OC(=O)[C@H]1[C@H](C=C(Cl)Cl)C1(C)C. The minimum atomic E-state index is -0.402. The van der Waals surface area contributed by atoms with Gasteiger partial charge >= 0.3 is 5.97 Å². The number of ether oxygens (including phenoxy) is 2. The highest BCUT2D eigenvalue weighted by Gasteiger charge is 2.61. The van der Waals surface area contributed by atoms with Crippen molar-refractivity contribution in [1.82, 2.24) is 5.43 Å². The van der Waals surface area contributed by atoms with Gasteiger partial charge in [0, 0.05) is 10.1 Å². The Morgan fingerprint density at radius 3 is 2.58 bits per heavy atom. The van der Waals surface area contributed by atoms with Crippen molar-refractivity contribution in [2.75, 3.05) is 7.11 Å². The Morgan fingerprint density at radius 1 is 1.14 bits per heavy atom. The standard InChI is InChI=1S/C26H23Cl3N2O4S/c1-13-5-7-15-19(9-13)36-23(22(15)29)24(32)31-30-12-14-6-8-17(18(10-14)34-4)35-25(33)21-16(11-20(27)28)26(21,2)3/h5-12,16,21H,1-4H3,(H,31,32)/b30-12-/t16-,21+/m0/s1. The summed E-state index contributed by atoms with van der Waals surface area (Å²) in [6.07, 6.45) is 3.12. The first-order valence-corrected chi connectivity index (χ1v) is 12.9. The summed E-state index contributed by atoms with van der Waals surface area (Å²) in [7, 11) is 1.47. The minimum Gasteiger partial charge on any atom is -0.493 e. The first-order valence-electron chi connectivity index (χ1n) is 11.0. The van der Waals surface area contributed by atoms with Gasteiger partial charge in [-0.3, -0.25) is 9.59 Å².